The van der Waals surface area contributed by atoms with Crippen LogP contribution in [0.1, 0.15) is 44.2 Å². The summed E-state index contributed by atoms with van der Waals surface area (Å²) in [6.07, 6.45) is 3.82. The Morgan fingerprint density at radius 2 is 2.12 bits per heavy atom. The first-order valence-electron chi connectivity index (χ1n) is 6.12. The standard InChI is InChI=1S/C14H22ClN/c1-4-5-6-12(3)16-10-13-7-8-14(15)9-11(13)2/h7-9,12,16H,4-6,10H2,1-3H3. The molecule has 0 aliphatic heterocycles. The van der Waals surface area contributed by atoms with Crippen molar-refractivity contribution in [2.75, 3.05) is 0 Å². The minimum absolute atomic E-state index is 0.593. The average molecular weight is 240 g/mol. The van der Waals surface area contributed by atoms with E-state index in [1.165, 1.54) is 30.4 Å². The summed E-state index contributed by atoms with van der Waals surface area (Å²) in [5.41, 5.74) is 2.61. The van der Waals surface area contributed by atoms with Crippen molar-refractivity contribution in [3.05, 3.63) is 34.3 Å². The molecule has 1 rings (SSSR count). The van der Waals surface area contributed by atoms with Gasteiger partial charge in [0, 0.05) is 17.6 Å². The molecule has 0 amide bonds. The van der Waals surface area contributed by atoms with Gasteiger partial charge < -0.3 is 5.32 Å². The largest absolute Gasteiger partial charge is 0.310 e. The number of aryl methyl sites for hydroxylation is 1. The second kappa shape index (κ2) is 6.93. The van der Waals surface area contributed by atoms with Gasteiger partial charge in [-0.15, -0.1) is 0 Å². The molecule has 0 aliphatic rings. The lowest BCUT2D eigenvalue weighted by molar-refractivity contribution is 0.494. The van der Waals surface area contributed by atoms with Crippen LogP contribution < -0.4 is 5.32 Å². The van der Waals surface area contributed by atoms with E-state index in [1.807, 2.05) is 12.1 Å². The van der Waals surface area contributed by atoms with E-state index in [4.69, 9.17) is 11.6 Å². The van der Waals surface area contributed by atoms with Gasteiger partial charge in [-0.05, 0) is 43.5 Å². The Morgan fingerprint density at radius 1 is 1.38 bits per heavy atom. The molecule has 1 unspecified atom stereocenters. The monoisotopic (exact) mass is 239 g/mol. The molecular weight excluding hydrogens is 218 g/mol. The topological polar surface area (TPSA) is 12.0 Å². The average Bonchev–Trinajstić information content (AvgIpc) is 2.25. The number of rotatable bonds is 6. The third kappa shape index (κ3) is 4.54. The fraction of sp³-hybridized carbons (Fsp3) is 0.571. The van der Waals surface area contributed by atoms with Crippen LogP contribution in [0.25, 0.3) is 0 Å². The first-order chi connectivity index (χ1) is 7.63. The van der Waals surface area contributed by atoms with Gasteiger partial charge in [-0.25, -0.2) is 0 Å². The Morgan fingerprint density at radius 3 is 2.75 bits per heavy atom. The molecule has 2 heteroatoms. The van der Waals surface area contributed by atoms with E-state index in [-0.39, 0.29) is 0 Å². The number of benzene rings is 1. The number of nitrogens with one attached hydrogen (secondary N) is 1. The van der Waals surface area contributed by atoms with Gasteiger partial charge in [0.1, 0.15) is 0 Å². The predicted molar refractivity (Wildman–Crippen MR) is 72.0 cm³/mol. The highest BCUT2D eigenvalue weighted by atomic mass is 35.5. The van der Waals surface area contributed by atoms with Crippen LogP contribution in [-0.2, 0) is 6.54 Å². The molecule has 90 valence electrons. The Balaban J connectivity index is 2.42. The van der Waals surface area contributed by atoms with E-state index in [0.717, 1.165) is 11.6 Å². The molecule has 1 N–H and O–H groups in total. The summed E-state index contributed by atoms with van der Waals surface area (Å²) >= 11 is 5.93. The van der Waals surface area contributed by atoms with Crippen molar-refractivity contribution < 1.29 is 0 Å². The first-order valence-corrected chi connectivity index (χ1v) is 6.49. The van der Waals surface area contributed by atoms with E-state index >= 15 is 0 Å². The van der Waals surface area contributed by atoms with Crippen LogP contribution in [0.4, 0.5) is 0 Å². The van der Waals surface area contributed by atoms with E-state index in [2.05, 4.69) is 32.2 Å². The van der Waals surface area contributed by atoms with Crippen LogP contribution in [0.3, 0.4) is 0 Å². The Kier molecular flexibility index (Phi) is 5.86. The highest BCUT2D eigenvalue weighted by Gasteiger charge is 2.03. The lowest BCUT2D eigenvalue weighted by atomic mass is 10.1. The first kappa shape index (κ1) is 13.5. The summed E-state index contributed by atoms with van der Waals surface area (Å²) in [6.45, 7) is 7.53. The maximum atomic E-state index is 5.93. The molecule has 1 atom stereocenters. The van der Waals surface area contributed by atoms with Crippen LogP contribution in [-0.4, -0.2) is 6.04 Å². The summed E-state index contributed by atoms with van der Waals surface area (Å²) < 4.78 is 0. The van der Waals surface area contributed by atoms with Crippen molar-refractivity contribution in [3.63, 3.8) is 0 Å². The minimum Gasteiger partial charge on any atom is -0.310 e. The maximum Gasteiger partial charge on any atom is 0.0408 e. The van der Waals surface area contributed by atoms with Crippen molar-refractivity contribution >= 4 is 11.6 Å². The van der Waals surface area contributed by atoms with E-state index < -0.39 is 0 Å². The Labute approximate surface area is 104 Å². The molecule has 0 spiro atoms. The van der Waals surface area contributed by atoms with Crippen molar-refractivity contribution in [1.82, 2.24) is 5.32 Å². The third-order valence-corrected chi connectivity index (χ3v) is 3.17. The number of unbranched alkanes of at least 4 members (excludes halogenated alkanes) is 1. The van der Waals surface area contributed by atoms with Gasteiger partial charge in [0.15, 0.2) is 0 Å². The molecule has 0 radical (unpaired) electrons. The van der Waals surface area contributed by atoms with Crippen LogP contribution >= 0.6 is 11.6 Å². The highest BCUT2D eigenvalue weighted by Crippen LogP contribution is 2.15. The molecule has 1 nitrogen and oxygen atoms in total. The molecule has 0 saturated heterocycles. The second-order valence-electron chi connectivity index (χ2n) is 4.49. The molecule has 0 heterocycles. The number of hydrogen-bond donors (Lipinski definition) is 1. The SMILES string of the molecule is CCCCC(C)NCc1ccc(Cl)cc1C. The van der Waals surface area contributed by atoms with Crippen molar-refractivity contribution in [3.8, 4) is 0 Å². The smallest absolute Gasteiger partial charge is 0.0408 e. The predicted octanol–water partition coefficient (Wildman–Crippen LogP) is 4.32. The maximum absolute atomic E-state index is 5.93. The van der Waals surface area contributed by atoms with Gasteiger partial charge >= 0.3 is 0 Å². The lowest BCUT2D eigenvalue weighted by Gasteiger charge is -2.14. The quantitative estimate of drug-likeness (QED) is 0.780. The third-order valence-electron chi connectivity index (χ3n) is 2.94. The summed E-state index contributed by atoms with van der Waals surface area (Å²) in [5, 5.41) is 4.37. The fourth-order valence-corrected chi connectivity index (χ4v) is 1.98. The highest BCUT2D eigenvalue weighted by molar-refractivity contribution is 6.30. The van der Waals surface area contributed by atoms with Gasteiger partial charge in [0.2, 0.25) is 0 Å². The molecule has 0 fully saturated rings. The summed E-state index contributed by atoms with van der Waals surface area (Å²) in [7, 11) is 0. The zero-order valence-electron chi connectivity index (χ0n) is 10.5. The van der Waals surface area contributed by atoms with E-state index in [1.54, 1.807) is 0 Å². The van der Waals surface area contributed by atoms with Gasteiger partial charge in [0.25, 0.3) is 0 Å². The van der Waals surface area contributed by atoms with Gasteiger partial charge in [-0.1, -0.05) is 37.4 Å². The summed E-state index contributed by atoms with van der Waals surface area (Å²) in [6, 6.07) is 6.68. The van der Waals surface area contributed by atoms with Crippen molar-refractivity contribution in [2.45, 2.75) is 52.6 Å². The Hall–Kier alpha value is -0.530. The Bertz CT molecular complexity index is 323. The van der Waals surface area contributed by atoms with Gasteiger partial charge in [-0.2, -0.15) is 0 Å². The van der Waals surface area contributed by atoms with Gasteiger partial charge in [-0.3, -0.25) is 0 Å². The van der Waals surface area contributed by atoms with E-state index in [9.17, 15) is 0 Å². The molecule has 16 heavy (non-hydrogen) atoms. The zero-order chi connectivity index (χ0) is 12.0. The van der Waals surface area contributed by atoms with Gasteiger partial charge in [0.05, 0.1) is 0 Å². The summed E-state index contributed by atoms with van der Waals surface area (Å²) in [5.74, 6) is 0. The lowest BCUT2D eigenvalue weighted by Crippen LogP contribution is -2.25. The van der Waals surface area contributed by atoms with Crippen molar-refractivity contribution in [1.29, 1.82) is 0 Å². The van der Waals surface area contributed by atoms with Crippen LogP contribution in [0.5, 0.6) is 0 Å². The van der Waals surface area contributed by atoms with Crippen LogP contribution in [0, 0.1) is 6.92 Å². The second-order valence-corrected chi connectivity index (χ2v) is 4.93. The summed E-state index contributed by atoms with van der Waals surface area (Å²) in [4.78, 5) is 0. The van der Waals surface area contributed by atoms with E-state index in [0.29, 0.717) is 6.04 Å². The molecule has 1 aromatic rings. The molecular formula is C14H22ClN. The fourth-order valence-electron chi connectivity index (χ4n) is 1.75. The van der Waals surface area contributed by atoms with Crippen LogP contribution in [0.2, 0.25) is 5.02 Å². The number of hydrogen-bond acceptors (Lipinski definition) is 1. The molecule has 0 bridgehead atoms. The molecule has 0 saturated carbocycles. The number of halogens is 1. The van der Waals surface area contributed by atoms with Crippen LogP contribution in [0.15, 0.2) is 18.2 Å². The normalized spacial score (nSPS) is 12.8. The molecule has 0 aromatic heterocycles. The zero-order valence-corrected chi connectivity index (χ0v) is 11.3. The van der Waals surface area contributed by atoms with Crippen molar-refractivity contribution in [2.24, 2.45) is 0 Å². The molecule has 1 aromatic carbocycles. The minimum atomic E-state index is 0.593. The molecule has 0 aliphatic carbocycles.